The zero-order valence-electron chi connectivity index (χ0n) is 3.37. The van der Waals surface area contributed by atoms with Crippen LogP contribution in [0.2, 0.25) is 0 Å². The number of nitroso groups, excluding NO2 is 1. The summed E-state index contributed by atoms with van der Waals surface area (Å²) in [6, 6.07) is 0. The first-order chi connectivity index (χ1) is 3.27. The number of carboxylic acid groups (broad SMARTS) is 1. The lowest BCUT2D eigenvalue weighted by molar-refractivity contribution is -0.131. The van der Waals surface area contributed by atoms with Crippen LogP contribution in [-0.4, -0.2) is 11.1 Å². The molecule has 0 aromatic rings. The Balaban J connectivity index is 3.46. The highest BCUT2D eigenvalue weighted by atomic mass is 16.4. The molecule has 7 heavy (non-hydrogen) atoms. The Labute approximate surface area is 39.4 Å². The predicted molar refractivity (Wildman–Crippen MR) is 22.6 cm³/mol. The molecule has 0 spiro atoms. The van der Waals surface area contributed by atoms with E-state index in [0.29, 0.717) is 12.3 Å². The summed E-state index contributed by atoms with van der Waals surface area (Å²) in [7, 11) is 0. The lowest BCUT2D eigenvalue weighted by atomic mass is 10.6. The van der Waals surface area contributed by atoms with E-state index in [1.807, 2.05) is 0 Å². The van der Waals surface area contributed by atoms with Crippen LogP contribution >= 0.6 is 0 Å². The Bertz CT molecular complexity index is 107. The number of nitrogens with zero attached hydrogens (tertiary/aromatic N) is 1. The minimum atomic E-state index is -1.17. The van der Waals surface area contributed by atoms with Gasteiger partial charge in [-0.05, 0) is 5.18 Å². The van der Waals surface area contributed by atoms with Crippen LogP contribution in [0.4, 0.5) is 0 Å². The summed E-state index contributed by atoms with van der Waals surface area (Å²) in [5.74, 6) is -1.17. The van der Waals surface area contributed by atoms with Crippen LogP contribution in [0.25, 0.3) is 0 Å². The smallest absolute Gasteiger partial charge is 0.329 e. The van der Waals surface area contributed by atoms with Crippen LogP contribution in [0.15, 0.2) is 17.5 Å². The Kier molecular flexibility index (Phi) is 2.50. The molecular formula is C3H3NO3. The van der Waals surface area contributed by atoms with Gasteiger partial charge in [0.05, 0.1) is 6.20 Å². The predicted octanol–water partition coefficient (Wildman–Crippen LogP) is 0.351. The van der Waals surface area contributed by atoms with Crippen molar-refractivity contribution >= 4 is 5.97 Å². The first-order valence-corrected chi connectivity index (χ1v) is 1.49. The fourth-order valence-corrected chi connectivity index (χ4v) is 0.0942. The average Bonchev–Trinajstić information content (AvgIpc) is 1.61. The Morgan fingerprint density at radius 3 is 2.43 bits per heavy atom. The van der Waals surface area contributed by atoms with Crippen molar-refractivity contribution in [3.05, 3.63) is 17.2 Å². The third-order valence-corrected chi connectivity index (χ3v) is 0.278. The highest BCUT2D eigenvalue weighted by Crippen LogP contribution is 1.70. The molecule has 4 nitrogen and oxygen atoms in total. The molecule has 0 aliphatic carbocycles. The third kappa shape index (κ3) is 4.81. The molecular weight excluding hydrogens is 98.0 g/mol. The highest BCUT2D eigenvalue weighted by Gasteiger charge is 1.80. The van der Waals surface area contributed by atoms with Gasteiger partial charge >= 0.3 is 5.97 Å². The molecule has 0 aliphatic heterocycles. The van der Waals surface area contributed by atoms with Gasteiger partial charge in [0.2, 0.25) is 0 Å². The standard InChI is InChI=1S/C3H3NO3/c5-3(6)1-2-4-7/h1-2H,(H,5,6)/b2-1+. The van der Waals surface area contributed by atoms with Gasteiger partial charge in [-0.2, -0.15) is 0 Å². The van der Waals surface area contributed by atoms with Crippen LogP contribution in [0.1, 0.15) is 0 Å². The molecule has 0 aliphatic rings. The van der Waals surface area contributed by atoms with E-state index in [1.54, 1.807) is 0 Å². The third-order valence-electron chi connectivity index (χ3n) is 0.278. The van der Waals surface area contributed by atoms with Gasteiger partial charge in [0, 0.05) is 6.08 Å². The van der Waals surface area contributed by atoms with Gasteiger partial charge in [-0.3, -0.25) is 0 Å². The molecule has 4 heteroatoms. The maximum absolute atomic E-state index is 9.47. The van der Waals surface area contributed by atoms with Crippen molar-refractivity contribution in [3.8, 4) is 0 Å². The number of carbonyl (C=O) groups is 1. The van der Waals surface area contributed by atoms with Crippen LogP contribution in [0, 0.1) is 4.91 Å². The zero-order valence-corrected chi connectivity index (χ0v) is 3.37. The largest absolute Gasteiger partial charge is 0.478 e. The quantitative estimate of drug-likeness (QED) is 0.403. The van der Waals surface area contributed by atoms with Crippen LogP contribution in [0.5, 0.6) is 0 Å². The molecule has 0 atom stereocenters. The molecule has 0 rings (SSSR count). The van der Waals surface area contributed by atoms with Crippen molar-refractivity contribution in [2.24, 2.45) is 5.18 Å². The Morgan fingerprint density at radius 2 is 2.29 bits per heavy atom. The van der Waals surface area contributed by atoms with Crippen molar-refractivity contribution in [2.45, 2.75) is 0 Å². The van der Waals surface area contributed by atoms with Gasteiger partial charge in [-0.15, -0.1) is 4.91 Å². The summed E-state index contributed by atoms with van der Waals surface area (Å²) in [6.45, 7) is 0. The van der Waals surface area contributed by atoms with E-state index >= 15 is 0 Å². The summed E-state index contributed by atoms with van der Waals surface area (Å²) in [4.78, 5) is 18.6. The van der Waals surface area contributed by atoms with Gasteiger partial charge < -0.3 is 5.11 Å². The lowest BCUT2D eigenvalue weighted by Gasteiger charge is -1.68. The molecule has 0 saturated carbocycles. The second-order valence-corrected chi connectivity index (χ2v) is 0.759. The summed E-state index contributed by atoms with van der Waals surface area (Å²) >= 11 is 0. The molecule has 0 radical (unpaired) electrons. The monoisotopic (exact) mass is 101 g/mol. The molecule has 0 bridgehead atoms. The van der Waals surface area contributed by atoms with E-state index < -0.39 is 5.97 Å². The molecule has 38 valence electrons. The van der Waals surface area contributed by atoms with E-state index in [2.05, 4.69) is 5.18 Å². The summed E-state index contributed by atoms with van der Waals surface area (Å²) in [5, 5.41) is 9.92. The summed E-state index contributed by atoms with van der Waals surface area (Å²) in [5.41, 5.74) is 0. The second kappa shape index (κ2) is 3.02. The fourth-order valence-electron chi connectivity index (χ4n) is 0.0942. The Morgan fingerprint density at radius 1 is 1.71 bits per heavy atom. The zero-order chi connectivity index (χ0) is 5.70. The number of hydrogen-bond acceptors (Lipinski definition) is 3. The summed E-state index contributed by atoms with van der Waals surface area (Å²) in [6.07, 6.45) is 1.33. The molecule has 0 aromatic heterocycles. The first-order valence-electron chi connectivity index (χ1n) is 1.49. The molecule has 1 N–H and O–H groups in total. The maximum Gasteiger partial charge on any atom is 0.329 e. The fraction of sp³-hybridized carbons (Fsp3) is 0. The van der Waals surface area contributed by atoms with Crippen LogP contribution in [-0.2, 0) is 4.79 Å². The molecule has 0 fully saturated rings. The lowest BCUT2D eigenvalue weighted by Crippen LogP contribution is -1.83. The van der Waals surface area contributed by atoms with E-state index in [1.165, 1.54) is 0 Å². The minimum Gasteiger partial charge on any atom is -0.478 e. The van der Waals surface area contributed by atoms with Crippen molar-refractivity contribution < 1.29 is 9.90 Å². The molecule has 0 unspecified atom stereocenters. The van der Waals surface area contributed by atoms with Crippen LogP contribution < -0.4 is 0 Å². The second-order valence-electron chi connectivity index (χ2n) is 0.759. The number of carboxylic acids is 1. The van der Waals surface area contributed by atoms with Crippen molar-refractivity contribution in [1.82, 2.24) is 0 Å². The normalized spacial score (nSPS) is 9.14. The van der Waals surface area contributed by atoms with E-state index in [-0.39, 0.29) is 0 Å². The van der Waals surface area contributed by atoms with Gasteiger partial charge in [0.1, 0.15) is 0 Å². The van der Waals surface area contributed by atoms with Crippen molar-refractivity contribution in [3.63, 3.8) is 0 Å². The average molecular weight is 101 g/mol. The number of hydrogen-bond donors (Lipinski definition) is 1. The van der Waals surface area contributed by atoms with Gasteiger partial charge in [0.25, 0.3) is 0 Å². The van der Waals surface area contributed by atoms with Crippen LogP contribution in [0.3, 0.4) is 0 Å². The van der Waals surface area contributed by atoms with Gasteiger partial charge in [-0.25, -0.2) is 4.79 Å². The van der Waals surface area contributed by atoms with Crippen molar-refractivity contribution in [2.75, 3.05) is 0 Å². The molecule has 0 amide bonds. The van der Waals surface area contributed by atoms with Gasteiger partial charge in [0.15, 0.2) is 0 Å². The van der Waals surface area contributed by atoms with Gasteiger partial charge in [-0.1, -0.05) is 0 Å². The maximum atomic E-state index is 9.47. The minimum absolute atomic E-state index is 0.660. The molecule has 0 saturated heterocycles. The molecule has 0 aromatic carbocycles. The Hall–Kier alpha value is -1.19. The summed E-state index contributed by atoms with van der Waals surface area (Å²) < 4.78 is 0. The SMILES string of the molecule is O=N/C=C/C(=O)O. The molecule has 0 heterocycles. The van der Waals surface area contributed by atoms with E-state index in [0.717, 1.165) is 0 Å². The topological polar surface area (TPSA) is 66.7 Å². The highest BCUT2D eigenvalue weighted by molar-refractivity contribution is 5.79. The number of rotatable bonds is 2. The van der Waals surface area contributed by atoms with E-state index in [9.17, 15) is 4.79 Å². The number of aliphatic carboxylic acids is 1. The van der Waals surface area contributed by atoms with E-state index in [4.69, 9.17) is 10.0 Å². The first kappa shape index (κ1) is 5.81. The van der Waals surface area contributed by atoms with Crippen molar-refractivity contribution in [1.29, 1.82) is 0 Å².